The second-order valence-corrected chi connectivity index (χ2v) is 7.36. The zero-order valence-corrected chi connectivity index (χ0v) is 15.8. The minimum Gasteiger partial charge on any atom is -0.305 e. The van der Waals surface area contributed by atoms with E-state index in [9.17, 15) is 9.18 Å². The lowest BCUT2D eigenvalue weighted by molar-refractivity contribution is -0.117. The Hall–Kier alpha value is -2.71. The van der Waals surface area contributed by atoms with Crippen LogP contribution in [0.1, 0.15) is 22.3 Å². The summed E-state index contributed by atoms with van der Waals surface area (Å²) in [5, 5.41) is 0. The lowest BCUT2D eigenvalue weighted by Gasteiger charge is -2.09. The van der Waals surface area contributed by atoms with Gasteiger partial charge in [-0.05, 0) is 55.7 Å². The van der Waals surface area contributed by atoms with Crippen LogP contribution in [0.15, 0.2) is 35.3 Å². The molecule has 0 aliphatic heterocycles. The fourth-order valence-electron chi connectivity index (χ4n) is 3.16. The number of terminal acetylenes is 1. The van der Waals surface area contributed by atoms with Gasteiger partial charge in [0, 0.05) is 0 Å². The van der Waals surface area contributed by atoms with Crippen LogP contribution in [0, 0.1) is 38.9 Å². The third-order valence-corrected chi connectivity index (χ3v) is 5.32. The zero-order chi connectivity index (χ0) is 18.8. The Morgan fingerprint density at radius 3 is 2.58 bits per heavy atom. The molecule has 0 radical (unpaired) electrons. The molecular weight excluding hydrogens is 347 g/mol. The van der Waals surface area contributed by atoms with Crippen molar-refractivity contribution in [2.24, 2.45) is 4.99 Å². The van der Waals surface area contributed by atoms with Crippen molar-refractivity contribution in [2.75, 3.05) is 0 Å². The van der Waals surface area contributed by atoms with E-state index in [1.165, 1.54) is 29.0 Å². The van der Waals surface area contributed by atoms with Gasteiger partial charge in [0.25, 0.3) is 5.91 Å². The van der Waals surface area contributed by atoms with Crippen molar-refractivity contribution >= 4 is 27.5 Å². The van der Waals surface area contributed by atoms with Gasteiger partial charge in [0.2, 0.25) is 0 Å². The highest BCUT2D eigenvalue weighted by atomic mass is 32.1. The second kappa shape index (κ2) is 7.27. The summed E-state index contributed by atoms with van der Waals surface area (Å²) in [7, 11) is 0. The van der Waals surface area contributed by atoms with Crippen molar-refractivity contribution in [3.8, 4) is 12.3 Å². The van der Waals surface area contributed by atoms with Crippen LogP contribution < -0.4 is 4.80 Å². The number of nitrogens with zero attached hydrogens (tertiary/aromatic N) is 2. The van der Waals surface area contributed by atoms with Gasteiger partial charge in [-0.3, -0.25) is 4.79 Å². The van der Waals surface area contributed by atoms with Crippen LogP contribution >= 0.6 is 11.3 Å². The molecule has 1 aromatic heterocycles. The molecule has 0 spiro atoms. The van der Waals surface area contributed by atoms with Gasteiger partial charge in [-0.1, -0.05) is 35.0 Å². The first-order valence-corrected chi connectivity index (χ1v) is 9.07. The molecular formula is C21H19FN2OS. The molecule has 0 fully saturated rings. The van der Waals surface area contributed by atoms with E-state index in [1.807, 2.05) is 20.8 Å². The highest BCUT2D eigenvalue weighted by molar-refractivity contribution is 7.16. The Labute approximate surface area is 155 Å². The third-order valence-electron chi connectivity index (χ3n) is 4.28. The SMILES string of the molecule is C#CCn1c(=NC(=O)Cc2c(C)cc(C)cc2C)sc2cc(F)ccc21. The van der Waals surface area contributed by atoms with Crippen LogP contribution in [-0.4, -0.2) is 10.5 Å². The summed E-state index contributed by atoms with van der Waals surface area (Å²) in [6.45, 7) is 6.32. The molecule has 3 aromatic rings. The standard InChI is InChI=1S/C21H19FN2OS/c1-5-8-24-18-7-6-16(22)11-19(18)26-21(24)23-20(25)12-17-14(3)9-13(2)10-15(17)4/h1,6-7,9-11H,8,12H2,2-4H3. The van der Waals surface area contributed by atoms with Crippen LogP contribution in [0.5, 0.6) is 0 Å². The largest absolute Gasteiger partial charge is 0.305 e. The number of halogens is 1. The summed E-state index contributed by atoms with van der Waals surface area (Å²) in [6, 6.07) is 8.61. The number of aryl methyl sites for hydroxylation is 3. The lowest BCUT2D eigenvalue weighted by atomic mass is 9.97. The fourth-order valence-corrected chi connectivity index (χ4v) is 4.23. The van der Waals surface area contributed by atoms with Gasteiger partial charge in [0.05, 0.1) is 23.2 Å². The van der Waals surface area contributed by atoms with Crippen molar-refractivity contribution in [3.05, 3.63) is 63.2 Å². The highest BCUT2D eigenvalue weighted by Gasteiger charge is 2.11. The predicted octanol–water partition coefficient (Wildman–Crippen LogP) is 4.07. The number of rotatable bonds is 3. The Morgan fingerprint density at radius 1 is 1.23 bits per heavy atom. The minimum atomic E-state index is -0.324. The van der Waals surface area contributed by atoms with E-state index >= 15 is 0 Å². The molecule has 0 atom stereocenters. The summed E-state index contributed by atoms with van der Waals surface area (Å²) in [5.41, 5.74) is 5.12. The molecule has 132 valence electrons. The van der Waals surface area contributed by atoms with Crippen molar-refractivity contribution in [2.45, 2.75) is 33.7 Å². The van der Waals surface area contributed by atoms with Crippen LogP contribution in [0.4, 0.5) is 4.39 Å². The van der Waals surface area contributed by atoms with Crippen molar-refractivity contribution in [3.63, 3.8) is 0 Å². The van der Waals surface area contributed by atoms with E-state index in [1.54, 1.807) is 10.6 Å². The van der Waals surface area contributed by atoms with Gasteiger partial charge < -0.3 is 4.57 Å². The second-order valence-electron chi connectivity index (χ2n) is 6.35. The van der Waals surface area contributed by atoms with Gasteiger partial charge in [0.15, 0.2) is 4.80 Å². The minimum absolute atomic E-state index is 0.233. The highest BCUT2D eigenvalue weighted by Crippen LogP contribution is 2.19. The lowest BCUT2D eigenvalue weighted by Crippen LogP contribution is -2.17. The molecule has 1 heterocycles. The average Bonchev–Trinajstić information content (AvgIpc) is 2.87. The molecule has 2 aromatic carbocycles. The maximum absolute atomic E-state index is 13.5. The molecule has 1 amide bonds. The zero-order valence-electron chi connectivity index (χ0n) is 15.0. The molecule has 0 N–H and O–H groups in total. The predicted molar refractivity (Wildman–Crippen MR) is 104 cm³/mol. The Balaban J connectivity index is 2.03. The Bertz CT molecular complexity index is 1090. The van der Waals surface area contributed by atoms with E-state index < -0.39 is 0 Å². The number of carbonyl (C=O) groups is 1. The number of thiazole rings is 1. The third kappa shape index (κ3) is 3.61. The summed E-state index contributed by atoms with van der Waals surface area (Å²) >= 11 is 1.27. The summed E-state index contributed by atoms with van der Waals surface area (Å²) in [6.07, 6.45) is 5.68. The first kappa shape index (κ1) is 18.1. The smallest absolute Gasteiger partial charge is 0.252 e. The average molecular weight is 366 g/mol. The molecule has 0 saturated heterocycles. The number of aromatic nitrogens is 1. The molecule has 0 saturated carbocycles. The summed E-state index contributed by atoms with van der Waals surface area (Å²) < 4.78 is 16.0. The summed E-state index contributed by atoms with van der Waals surface area (Å²) in [5.74, 6) is 2.01. The normalized spacial score (nSPS) is 11.7. The maximum atomic E-state index is 13.5. The molecule has 5 heteroatoms. The van der Waals surface area contributed by atoms with Crippen LogP contribution in [-0.2, 0) is 17.8 Å². The van der Waals surface area contributed by atoms with E-state index in [-0.39, 0.29) is 24.7 Å². The van der Waals surface area contributed by atoms with Crippen LogP contribution in [0.3, 0.4) is 0 Å². The molecule has 0 aliphatic rings. The molecule has 3 rings (SSSR count). The van der Waals surface area contributed by atoms with Crippen molar-refractivity contribution in [1.29, 1.82) is 0 Å². The molecule has 0 aliphatic carbocycles. The number of hydrogen-bond acceptors (Lipinski definition) is 2. The first-order chi connectivity index (χ1) is 12.4. The Morgan fingerprint density at radius 2 is 1.92 bits per heavy atom. The maximum Gasteiger partial charge on any atom is 0.252 e. The number of amides is 1. The molecule has 0 bridgehead atoms. The van der Waals surface area contributed by atoms with Crippen LogP contribution in [0.25, 0.3) is 10.2 Å². The van der Waals surface area contributed by atoms with Crippen molar-refractivity contribution in [1.82, 2.24) is 4.57 Å². The number of fused-ring (bicyclic) bond motifs is 1. The molecule has 3 nitrogen and oxygen atoms in total. The number of carbonyl (C=O) groups excluding carboxylic acids is 1. The topological polar surface area (TPSA) is 34.4 Å². The van der Waals surface area contributed by atoms with E-state index in [0.717, 1.165) is 26.9 Å². The quantitative estimate of drug-likeness (QED) is 0.644. The van der Waals surface area contributed by atoms with E-state index in [0.29, 0.717) is 4.80 Å². The first-order valence-electron chi connectivity index (χ1n) is 8.25. The van der Waals surface area contributed by atoms with Gasteiger partial charge in [-0.2, -0.15) is 4.99 Å². The Kier molecular flexibility index (Phi) is 5.06. The van der Waals surface area contributed by atoms with Crippen molar-refractivity contribution < 1.29 is 9.18 Å². The fraction of sp³-hybridized carbons (Fsp3) is 0.238. The van der Waals surface area contributed by atoms with Gasteiger partial charge in [-0.25, -0.2) is 4.39 Å². The number of hydrogen-bond donors (Lipinski definition) is 0. The van der Waals surface area contributed by atoms with Gasteiger partial charge in [0.1, 0.15) is 5.82 Å². The summed E-state index contributed by atoms with van der Waals surface area (Å²) in [4.78, 5) is 17.3. The van der Waals surface area contributed by atoms with Gasteiger partial charge >= 0.3 is 0 Å². The van der Waals surface area contributed by atoms with Crippen LogP contribution in [0.2, 0.25) is 0 Å². The van der Waals surface area contributed by atoms with E-state index in [2.05, 4.69) is 23.0 Å². The monoisotopic (exact) mass is 366 g/mol. The number of benzene rings is 2. The van der Waals surface area contributed by atoms with E-state index in [4.69, 9.17) is 6.42 Å². The molecule has 0 unspecified atom stereocenters. The molecule has 26 heavy (non-hydrogen) atoms. The van der Waals surface area contributed by atoms with Gasteiger partial charge in [-0.15, -0.1) is 6.42 Å².